The summed E-state index contributed by atoms with van der Waals surface area (Å²) < 4.78 is 27.4. The molecule has 3 heterocycles. The lowest BCUT2D eigenvalue weighted by atomic mass is 9.96. The first kappa shape index (κ1) is 23.3. The third kappa shape index (κ3) is 4.77. The second-order valence-corrected chi connectivity index (χ2v) is 9.83. The van der Waals surface area contributed by atoms with Crippen molar-refractivity contribution >= 4 is 24.0 Å². The monoisotopic (exact) mass is 461 g/mol. The van der Waals surface area contributed by atoms with Gasteiger partial charge in [-0.1, -0.05) is 32.0 Å². The molecular weight excluding hydrogens is 432 g/mol. The summed E-state index contributed by atoms with van der Waals surface area (Å²) >= 11 is 0. The Morgan fingerprint density at radius 1 is 1.27 bits per heavy atom. The first-order valence-corrected chi connectivity index (χ1v) is 11.4. The summed E-state index contributed by atoms with van der Waals surface area (Å²) in [5, 5.41) is 2.53. The number of hydrogen-bond donors (Lipinski definition) is 1. The van der Waals surface area contributed by atoms with E-state index in [0.717, 1.165) is 16.9 Å². The largest absolute Gasteiger partial charge is 0.344 e. The number of fused-ring (bicyclic) bond motifs is 1. The lowest BCUT2D eigenvalue weighted by molar-refractivity contribution is -0.137. The molecule has 9 heteroatoms. The van der Waals surface area contributed by atoms with Gasteiger partial charge in [0.05, 0.1) is 12.6 Å². The van der Waals surface area contributed by atoms with E-state index in [1.165, 1.54) is 11.1 Å². The topological polar surface area (TPSA) is 86.8 Å². The average molecular weight is 462 g/mol. The fraction of sp³-hybridized carbons (Fsp3) is 0.583. The average Bonchev–Trinajstić information content (AvgIpc) is 3.42. The number of nitrogens with zero attached hydrogens (tertiary/aromatic N) is 2. The maximum atomic E-state index is 13.7. The zero-order chi connectivity index (χ0) is 23.9. The van der Waals surface area contributed by atoms with Crippen molar-refractivity contribution in [3.8, 4) is 0 Å². The minimum absolute atomic E-state index is 0.0453. The molecule has 0 spiro atoms. The quantitative estimate of drug-likeness (QED) is 0.657. The highest BCUT2D eigenvalue weighted by atomic mass is 19.3. The number of carbonyl (C=O) groups excluding carboxylic acids is 4. The Morgan fingerprint density at radius 2 is 2.03 bits per heavy atom. The number of alkyl halides is 2. The summed E-state index contributed by atoms with van der Waals surface area (Å²) in [6.45, 7) is 4.44. The number of amides is 3. The minimum Gasteiger partial charge on any atom is -0.344 e. The Balaban J connectivity index is 1.37. The Labute approximate surface area is 191 Å². The Kier molecular flexibility index (Phi) is 6.24. The van der Waals surface area contributed by atoms with Gasteiger partial charge in [0, 0.05) is 31.8 Å². The normalized spacial score (nSPS) is 26.0. The van der Waals surface area contributed by atoms with Crippen molar-refractivity contribution in [3.05, 3.63) is 34.9 Å². The van der Waals surface area contributed by atoms with Crippen LogP contribution in [0.1, 0.15) is 49.8 Å². The number of aldehydes is 1. The van der Waals surface area contributed by atoms with E-state index in [-0.39, 0.29) is 18.7 Å². The summed E-state index contributed by atoms with van der Waals surface area (Å²) in [5.74, 6) is -4.64. The molecule has 33 heavy (non-hydrogen) atoms. The van der Waals surface area contributed by atoms with Gasteiger partial charge < -0.3 is 19.9 Å². The Morgan fingerprint density at radius 3 is 2.73 bits per heavy atom. The lowest BCUT2D eigenvalue weighted by Crippen LogP contribution is -2.47. The summed E-state index contributed by atoms with van der Waals surface area (Å²) in [6.07, 6.45) is 0.568. The predicted molar refractivity (Wildman–Crippen MR) is 115 cm³/mol. The number of likely N-dealkylation sites (tertiary alicyclic amines) is 1. The van der Waals surface area contributed by atoms with Gasteiger partial charge in [-0.3, -0.25) is 14.4 Å². The predicted octanol–water partition coefficient (Wildman–Crippen LogP) is 2.06. The van der Waals surface area contributed by atoms with Crippen molar-refractivity contribution in [2.75, 3.05) is 6.54 Å². The van der Waals surface area contributed by atoms with Crippen molar-refractivity contribution in [3.63, 3.8) is 0 Å². The first-order chi connectivity index (χ1) is 15.6. The number of nitrogens with one attached hydrogen (secondary N) is 1. The fourth-order valence-electron chi connectivity index (χ4n) is 5.13. The molecule has 4 rings (SSSR count). The molecule has 3 amide bonds. The molecule has 1 N–H and O–H groups in total. The summed E-state index contributed by atoms with van der Waals surface area (Å²) in [7, 11) is 0. The van der Waals surface area contributed by atoms with Crippen LogP contribution >= 0.6 is 0 Å². The molecule has 1 aromatic rings. The van der Waals surface area contributed by atoms with E-state index in [1.54, 1.807) is 4.90 Å². The Hall–Kier alpha value is -2.84. The summed E-state index contributed by atoms with van der Waals surface area (Å²) in [5.41, 5.74) is 3.51. The highest BCUT2D eigenvalue weighted by Crippen LogP contribution is 2.33. The molecule has 1 aromatic carbocycles. The van der Waals surface area contributed by atoms with E-state index in [4.69, 9.17) is 0 Å². The molecule has 3 aliphatic rings. The first-order valence-electron chi connectivity index (χ1n) is 11.4. The zero-order valence-electron chi connectivity index (χ0n) is 18.9. The zero-order valence-corrected chi connectivity index (χ0v) is 18.9. The SMILES string of the molecule is CC(C)Cc1cccc2c1CN(C(=O)C[C@@H]1C[C@@H](C(=O)N3CC(F)(F)C[C@H]3C=O)NC1=O)C2. The van der Waals surface area contributed by atoms with Crippen LogP contribution in [0.3, 0.4) is 0 Å². The number of benzene rings is 1. The van der Waals surface area contributed by atoms with Gasteiger partial charge in [-0.05, 0) is 35.4 Å². The van der Waals surface area contributed by atoms with Gasteiger partial charge in [0.15, 0.2) is 0 Å². The van der Waals surface area contributed by atoms with Crippen LogP contribution in [0.2, 0.25) is 0 Å². The molecule has 0 aliphatic carbocycles. The smallest absolute Gasteiger partial charge is 0.267 e. The van der Waals surface area contributed by atoms with Crippen LogP contribution in [0.5, 0.6) is 0 Å². The molecular formula is C24H29F2N3O4. The standard InChI is InChI=1S/C24H29F2N3O4/c1-14(2)6-15-4-3-5-16-10-28(11-19(15)16)21(31)8-17-7-20(27-22(17)32)23(33)29-13-24(25,26)9-18(29)12-30/h3-5,12,14,17-18,20H,6-11,13H2,1-2H3,(H,27,32)/t17-,18-,20-/m0/s1. The van der Waals surface area contributed by atoms with Crippen LogP contribution in [-0.2, 0) is 38.7 Å². The number of halogens is 2. The van der Waals surface area contributed by atoms with Gasteiger partial charge in [-0.2, -0.15) is 0 Å². The minimum atomic E-state index is -3.13. The van der Waals surface area contributed by atoms with Gasteiger partial charge in [0.2, 0.25) is 17.7 Å². The highest BCUT2D eigenvalue weighted by Gasteiger charge is 2.50. The molecule has 2 fully saturated rings. The molecule has 7 nitrogen and oxygen atoms in total. The molecule has 3 aliphatic heterocycles. The fourth-order valence-corrected chi connectivity index (χ4v) is 5.13. The second kappa shape index (κ2) is 8.83. The molecule has 0 radical (unpaired) electrons. The molecule has 178 valence electrons. The third-order valence-corrected chi connectivity index (χ3v) is 6.74. The molecule has 0 bridgehead atoms. The van der Waals surface area contributed by atoms with E-state index >= 15 is 0 Å². The number of carbonyl (C=O) groups is 4. The maximum absolute atomic E-state index is 13.7. The van der Waals surface area contributed by atoms with Gasteiger partial charge in [0.1, 0.15) is 12.3 Å². The van der Waals surface area contributed by atoms with Crippen LogP contribution < -0.4 is 5.32 Å². The van der Waals surface area contributed by atoms with Crippen molar-refractivity contribution in [2.45, 2.75) is 70.6 Å². The van der Waals surface area contributed by atoms with Gasteiger partial charge in [0.25, 0.3) is 5.92 Å². The molecule has 0 unspecified atom stereocenters. The van der Waals surface area contributed by atoms with E-state index in [9.17, 15) is 28.0 Å². The summed E-state index contributed by atoms with van der Waals surface area (Å²) in [6, 6.07) is 3.90. The van der Waals surface area contributed by atoms with E-state index in [2.05, 4.69) is 25.2 Å². The van der Waals surface area contributed by atoms with Crippen LogP contribution in [0.25, 0.3) is 0 Å². The second-order valence-electron chi connectivity index (χ2n) is 9.83. The molecule has 2 saturated heterocycles. The van der Waals surface area contributed by atoms with Gasteiger partial charge in [-0.15, -0.1) is 0 Å². The van der Waals surface area contributed by atoms with E-state index in [0.29, 0.717) is 25.3 Å². The van der Waals surface area contributed by atoms with Crippen LogP contribution in [-0.4, -0.2) is 58.4 Å². The maximum Gasteiger partial charge on any atom is 0.267 e. The van der Waals surface area contributed by atoms with Crippen molar-refractivity contribution in [1.29, 1.82) is 0 Å². The lowest BCUT2D eigenvalue weighted by Gasteiger charge is -2.23. The van der Waals surface area contributed by atoms with Crippen LogP contribution in [0, 0.1) is 11.8 Å². The Bertz CT molecular complexity index is 980. The van der Waals surface area contributed by atoms with Crippen molar-refractivity contribution in [2.24, 2.45) is 11.8 Å². The van der Waals surface area contributed by atoms with Gasteiger partial charge >= 0.3 is 0 Å². The molecule has 3 atom stereocenters. The van der Waals surface area contributed by atoms with E-state index < -0.39 is 48.7 Å². The molecule has 0 saturated carbocycles. The number of rotatable bonds is 6. The van der Waals surface area contributed by atoms with E-state index in [1.807, 2.05) is 12.1 Å². The third-order valence-electron chi connectivity index (χ3n) is 6.74. The summed E-state index contributed by atoms with van der Waals surface area (Å²) in [4.78, 5) is 51.9. The molecule has 0 aromatic heterocycles. The van der Waals surface area contributed by atoms with Crippen LogP contribution in [0.15, 0.2) is 18.2 Å². The van der Waals surface area contributed by atoms with Crippen molar-refractivity contribution in [1.82, 2.24) is 15.1 Å². The van der Waals surface area contributed by atoms with Crippen LogP contribution in [0.4, 0.5) is 8.78 Å². The van der Waals surface area contributed by atoms with Crippen molar-refractivity contribution < 1.29 is 28.0 Å². The highest BCUT2D eigenvalue weighted by molar-refractivity contribution is 5.95. The number of hydrogen-bond acceptors (Lipinski definition) is 4. The van der Waals surface area contributed by atoms with Gasteiger partial charge in [-0.25, -0.2) is 8.78 Å².